The smallest absolute Gasteiger partial charge is 0.170 e. The van der Waals surface area contributed by atoms with E-state index in [-0.39, 0.29) is 11.9 Å². The number of rotatable bonds is 1. The van der Waals surface area contributed by atoms with Gasteiger partial charge in [0.15, 0.2) is 5.78 Å². The number of fused-ring (bicyclic) bond motifs is 1. The average molecular weight is 252 g/mol. The van der Waals surface area contributed by atoms with E-state index < -0.39 is 0 Å². The molecule has 2 nitrogen and oxygen atoms in total. The third-order valence-electron chi connectivity index (χ3n) is 3.52. The molecule has 2 aromatic rings. The summed E-state index contributed by atoms with van der Waals surface area (Å²) in [4.78, 5) is 12.2. The number of ketones is 1. The molecule has 1 aliphatic rings. The van der Waals surface area contributed by atoms with Gasteiger partial charge in [-0.25, -0.2) is 0 Å². The van der Waals surface area contributed by atoms with Crippen molar-refractivity contribution in [2.45, 2.75) is 26.4 Å². The molecule has 1 aliphatic heterocycles. The van der Waals surface area contributed by atoms with Crippen molar-refractivity contribution in [2.75, 3.05) is 0 Å². The first-order valence-corrected chi connectivity index (χ1v) is 6.50. The second kappa shape index (κ2) is 4.54. The van der Waals surface area contributed by atoms with Crippen molar-refractivity contribution in [1.82, 2.24) is 0 Å². The number of hydrogen-bond donors (Lipinski definition) is 0. The van der Waals surface area contributed by atoms with E-state index in [4.69, 9.17) is 4.74 Å². The molecule has 2 heteroatoms. The number of carbonyl (C=O) groups excluding carboxylic acids is 1. The van der Waals surface area contributed by atoms with Gasteiger partial charge in [0.05, 0.1) is 12.0 Å². The summed E-state index contributed by atoms with van der Waals surface area (Å²) in [7, 11) is 0. The molecular formula is C17H16O2. The highest BCUT2D eigenvalue weighted by Crippen LogP contribution is 2.35. The van der Waals surface area contributed by atoms with Gasteiger partial charge in [-0.3, -0.25) is 4.79 Å². The molecule has 0 aromatic heterocycles. The molecular weight excluding hydrogens is 236 g/mol. The summed E-state index contributed by atoms with van der Waals surface area (Å²) in [6.45, 7) is 4.04. The minimum Gasteiger partial charge on any atom is -0.484 e. The second-order valence-electron chi connectivity index (χ2n) is 5.14. The van der Waals surface area contributed by atoms with E-state index in [1.807, 2.05) is 49.4 Å². The Hall–Kier alpha value is -2.09. The third-order valence-corrected chi connectivity index (χ3v) is 3.52. The first-order chi connectivity index (χ1) is 9.13. The van der Waals surface area contributed by atoms with Gasteiger partial charge in [0.1, 0.15) is 11.9 Å². The van der Waals surface area contributed by atoms with E-state index in [0.717, 1.165) is 11.1 Å². The summed E-state index contributed by atoms with van der Waals surface area (Å²) in [6, 6.07) is 13.9. The molecule has 0 spiro atoms. The Morgan fingerprint density at radius 3 is 2.42 bits per heavy atom. The molecule has 2 aromatic carbocycles. The van der Waals surface area contributed by atoms with Crippen molar-refractivity contribution in [3.05, 3.63) is 64.7 Å². The molecule has 0 amide bonds. The standard InChI is InChI=1S/C17H16O2/c1-11-3-6-13(7-4-11)17-10-15(18)14-9-12(2)5-8-16(14)19-17/h3-9,17H,10H2,1-2H3. The van der Waals surface area contributed by atoms with Crippen LogP contribution in [0.4, 0.5) is 0 Å². The number of benzene rings is 2. The molecule has 1 heterocycles. The van der Waals surface area contributed by atoms with Gasteiger partial charge in [-0.05, 0) is 31.5 Å². The molecule has 1 unspecified atom stereocenters. The predicted octanol–water partition coefficient (Wildman–Crippen LogP) is 4.01. The zero-order valence-electron chi connectivity index (χ0n) is 11.1. The van der Waals surface area contributed by atoms with E-state index in [1.54, 1.807) is 0 Å². The minimum absolute atomic E-state index is 0.163. The number of ether oxygens (including phenoxy) is 1. The summed E-state index contributed by atoms with van der Waals surface area (Å²) in [6.07, 6.45) is 0.253. The number of Topliss-reactive ketones (excluding diaryl/α,β-unsaturated/α-hetero) is 1. The van der Waals surface area contributed by atoms with Crippen molar-refractivity contribution in [1.29, 1.82) is 0 Å². The Kier molecular flexibility index (Phi) is 2.86. The predicted molar refractivity (Wildman–Crippen MR) is 74.7 cm³/mol. The first kappa shape index (κ1) is 12.0. The fourth-order valence-electron chi connectivity index (χ4n) is 2.40. The minimum atomic E-state index is -0.164. The Balaban J connectivity index is 1.95. The highest BCUT2D eigenvalue weighted by Gasteiger charge is 2.27. The topological polar surface area (TPSA) is 26.3 Å². The monoisotopic (exact) mass is 252 g/mol. The molecule has 0 bridgehead atoms. The van der Waals surface area contributed by atoms with Gasteiger partial charge in [0.25, 0.3) is 0 Å². The van der Waals surface area contributed by atoms with Crippen molar-refractivity contribution in [3.63, 3.8) is 0 Å². The molecule has 1 atom stereocenters. The summed E-state index contributed by atoms with van der Waals surface area (Å²) in [5, 5.41) is 0. The lowest BCUT2D eigenvalue weighted by molar-refractivity contribution is 0.0850. The molecule has 3 rings (SSSR count). The normalized spacial score (nSPS) is 17.8. The Morgan fingerprint density at radius 1 is 1.00 bits per heavy atom. The van der Waals surface area contributed by atoms with E-state index in [0.29, 0.717) is 17.7 Å². The first-order valence-electron chi connectivity index (χ1n) is 6.50. The van der Waals surface area contributed by atoms with Crippen LogP contribution in [-0.2, 0) is 0 Å². The number of carbonyl (C=O) groups is 1. The third kappa shape index (κ3) is 2.26. The maximum atomic E-state index is 12.2. The van der Waals surface area contributed by atoms with Crippen LogP contribution < -0.4 is 4.74 Å². The average Bonchev–Trinajstić information content (AvgIpc) is 2.40. The molecule has 0 radical (unpaired) electrons. The van der Waals surface area contributed by atoms with Crippen molar-refractivity contribution >= 4 is 5.78 Å². The van der Waals surface area contributed by atoms with Gasteiger partial charge < -0.3 is 4.74 Å². The zero-order valence-corrected chi connectivity index (χ0v) is 11.1. The van der Waals surface area contributed by atoms with Crippen LogP contribution in [0.1, 0.15) is 39.6 Å². The van der Waals surface area contributed by atoms with Crippen LogP contribution in [0.2, 0.25) is 0 Å². The van der Waals surface area contributed by atoms with Gasteiger partial charge in [-0.1, -0.05) is 41.5 Å². The maximum Gasteiger partial charge on any atom is 0.170 e. The Labute approximate surface area is 113 Å². The lowest BCUT2D eigenvalue weighted by Crippen LogP contribution is -2.20. The van der Waals surface area contributed by atoms with Crippen LogP contribution in [0.25, 0.3) is 0 Å². The highest BCUT2D eigenvalue weighted by molar-refractivity contribution is 6.00. The number of hydrogen-bond acceptors (Lipinski definition) is 2. The van der Waals surface area contributed by atoms with Crippen LogP contribution in [0.15, 0.2) is 42.5 Å². The summed E-state index contributed by atoms with van der Waals surface area (Å²) < 4.78 is 5.96. The fraction of sp³-hybridized carbons (Fsp3) is 0.235. The molecule has 19 heavy (non-hydrogen) atoms. The Bertz CT molecular complexity index is 626. The Morgan fingerprint density at radius 2 is 1.68 bits per heavy atom. The molecule has 0 saturated carbocycles. The van der Waals surface area contributed by atoms with Crippen molar-refractivity contribution in [3.8, 4) is 5.75 Å². The van der Waals surface area contributed by atoms with E-state index in [1.165, 1.54) is 5.56 Å². The molecule has 0 aliphatic carbocycles. The van der Waals surface area contributed by atoms with E-state index in [9.17, 15) is 4.79 Å². The van der Waals surface area contributed by atoms with Crippen LogP contribution in [0, 0.1) is 13.8 Å². The van der Waals surface area contributed by atoms with Gasteiger partial charge >= 0.3 is 0 Å². The summed E-state index contributed by atoms with van der Waals surface area (Å²) in [5.41, 5.74) is 4.07. The van der Waals surface area contributed by atoms with Crippen LogP contribution >= 0.6 is 0 Å². The molecule has 0 saturated heterocycles. The van der Waals surface area contributed by atoms with Gasteiger partial charge in [-0.2, -0.15) is 0 Å². The second-order valence-corrected chi connectivity index (χ2v) is 5.14. The lowest BCUT2D eigenvalue weighted by Gasteiger charge is -2.25. The van der Waals surface area contributed by atoms with Gasteiger partial charge in [0, 0.05) is 0 Å². The van der Waals surface area contributed by atoms with Gasteiger partial charge in [0.2, 0.25) is 0 Å². The lowest BCUT2D eigenvalue weighted by atomic mass is 9.95. The largest absolute Gasteiger partial charge is 0.484 e. The summed E-state index contributed by atoms with van der Waals surface area (Å²) in [5.74, 6) is 0.864. The van der Waals surface area contributed by atoms with E-state index >= 15 is 0 Å². The quantitative estimate of drug-likeness (QED) is 0.766. The molecule has 96 valence electrons. The van der Waals surface area contributed by atoms with Crippen LogP contribution in [0.3, 0.4) is 0 Å². The molecule has 0 fully saturated rings. The number of aryl methyl sites for hydroxylation is 2. The fourth-order valence-corrected chi connectivity index (χ4v) is 2.40. The highest BCUT2D eigenvalue weighted by atomic mass is 16.5. The zero-order chi connectivity index (χ0) is 13.4. The van der Waals surface area contributed by atoms with E-state index in [2.05, 4.69) is 6.92 Å². The van der Waals surface area contributed by atoms with Crippen molar-refractivity contribution in [2.24, 2.45) is 0 Å². The summed E-state index contributed by atoms with van der Waals surface area (Å²) >= 11 is 0. The van der Waals surface area contributed by atoms with Crippen LogP contribution in [-0.4, -0.2) is 5.78 Å². The SMILES string of the molecule is Cc1ccc(C2CC(=O)c3cc(C)ccc3O2)cc1. The van der Waals surface area contributed by atoms with Crippen LogP contribution in [0.5, 0.6) is 5.75 Å². The van der Waals surface area contributed by atoms with Gasteiger partial charge in [-0.15, -0.1) is 0 Å². The molecule has 0 N–H and O–H groups in total. The maximum absolute atomic E-state index is 12.2. The van der Waals surface area contributed by atoms with Crippen molar-refractivity contribution < 1.29 is 9.53 Å².